The van der Waals surface area contributed by atoms with E-state index < -0.39 is 29.2 Å². The Hall–Kier alpha value is -2.18. The van der Waals surface area contributed by atoms with Crippen molar-refractivity contribution in [1.29, 1.82) is 0 Å². The normalized spacial score (nSPS) is 18.1. The first-order valence-electron chi connectivity index (χ1n) is 6.16. The van der Waals surface area contributed by atoms with Crippen molar-refractivity contribution in [2.24, 2.45) is 5.92 Å². The van der Waals surface area contributed by atoms with Crippen molar-refractivity contribution in [1.82, 2.24) is 4.90 Å². The van der Waals surface area contributed by atoms with Gasteiger partial charge in [0.25, 0.3) is 0 Å². The van der Waals surface area contributed by atoms with Gasteiger partial charge in [-0.1, -0.05) is 6.92 Å². The van der Waals surface area contributed by atoms with Crippen molar-refractivity contribution >= 4 is 17.7 Å². The second-order valence-corrected chi connectivity index (χ2v) is 4.89. The average Bonchev–Trinajstić information content (AvgIpc) is 2.80. The fourth-order valence-electron chi connectivity index (χ4n) is 2.14. The number of halogens is 2. The molecule has 1 saturated heterocycles. The molecular weight excluding hydrogens is 270 g/mol. The van der Waals surface area contributed by atoms with Crippen molar-refractivity contribution in [2.45, 2.75) is 13.3 Å². The SMILES string of the molecule is CC1CCN(C(=O)Nc2cc(F)c(F)cc2C(=O)O)C1. The monoisotopic (exact) mass is 284 g/mol. The van der Waals surface area contributed by atoms with Crippen LogP contribution in [0.4, 0.5) is 19.3 Å². The molecule has 1 aliphatic rings. The summed E-state index contributed by atoms with van der Waals surface area (Å²) in [7, 11) is 0. The number of hydrogen-bond donors (Lipinski definition) is 2. The minimum Gasteiger partial charge on any atom is -0.478 e. The standard InChI is InChI=1S/C13H14F2N2O3/c1-7-2-3-17(6-7)13(20)16-11-5-10(15)9(14)4-8(11)12(18)19/h4-5,7H,2-3,6H2,1H3,(H,16,20)(H,18,19). The molecule has 1 atom stereocenters. The molecule has 0 saturated carbocycles. The molecule has 0 aliphatic carbocycles. The van der Waals surface area contributed by atoms with Crippen molar-refractivity contribution < 1.29 is 23.5 Å². The topological polar surface area (TPSA) is 69.6 Å². The van der Waals surface area contributed by atoms with Gasteiger partial charge in [0.05, 0.1) is 11.3 Å². The third-order valence-electron chi connectivity index (χ3n) is 3.24. The van der Waals surface area contributed by atoms with Crippen LogP contribution in [0.5, 0.6) is 0 Å². The Balaban J connectivity index is 2.22. The number of carbonyl (C=O) groups is 2. The number of amides is 2. The maximum Gasteiger partial charge on any atom is 0.337 e. The summed E-state index contributed by atoms with van der Waals surface area (Å²) in [4.78, 5) is 24.4. The van der Waals surface area contributed by atoms with E-state index in [1.54, 1.807) is 0 Å². The molecule has 1 fully saturated rings. The first-order valence-corrected chi connectivity index (χ1v) is 6.16. The molecule has 2 rings (SSSR count). The van der Waals surface area contributed by atoms with Crippen molar-refractivity contribution in [3.8, 4) is 0 Å². The van der Waals surface area contributed by atoms with E-state index in [4.69, 9.17) is 5.11 Å². The van der Waals surface area contributed by atoms with Gasteiger partial charge in [-0.2, -0.15) is 0 Å². The van der Waals surface area contributed by atoms with E-state index in [0.29, 0.717) is 31.1 Å². The largest absolute Gasteiger partial charge is 0.478 e. The number of rotatable bonds is 2. The molecule has 1 aromatic carbocycles. The van der Waals surface area contributed by atoms with Gasteiger partial charge in [0.2, 0.25) is 0 Å². The summed E-state index contributed by atoms with van der Waals surface area (Å²) >= 11 is 0. The highest BCUT2D eigenvalue weighted by atomic mass is 19.2. The van der Waals surface area contributed by atoms with Crippen molar-refractivity contribution in [3.05, 3.63) is 29.3 Å². The number of benzene rings is 1. The third kappa shape index (κ3) is 2.87. The summed E-state index contributed by atoms with van der Waals surface area (Å²) in [6.07, 6.45) is 0.858. The van der Waals surface area contributed by atoms with E-state index in [2.05, 4.69) is 5.32 Å². The first kappa shape index (κ1) is 14.2. The summed E-state index contributed by atoms with van der Waals surface area (Å²) in [5, 5.41) is 11.3. The Kier molecular flexibility index (Phi) is 3.87. The van der Waals surface area contributed by atoms with Gasteiger partial charge in [-0.25, -0.2) is 18.4 Å². The predicted octanol–water partition coefficient (Wildman–Crippen LogP) is 2.54. The zero-order valence-corrected chi connectivity index (χ0v) is 10.8. The molecule has 20 heavy (non-hydrogen) atoms. The number of carbonyl (C=O) groups excluding carboxylic acids is 1. The van der Waals surface area contributed by atoms with Crippen LogP contribution in [-0.4, -0.2) is 35.1 Å². The number of aromatic carboxylic acids is 1. The minimum absolute atomic E-state index is 0.249. The van der Waals surface area contributed by atoms with Crippen LogP contribution in [0.3, 0.4) is 0 Å². The van der Waals surface area contributed by atoms with E-state index in [0.717, 1.165) is 6.42 Å². The number of nitrogens with one attached hydrogen (secondary N) is 1. The van der Waals surface area contributed by atoms with Crippen LogP contribution in [-0.2, 0) is 0 Å². The molecule has 7 heteroatoms. The zero-order chi connectivity index (χ0) is 14.9. The van der Waals surface area contributed by atoms with E-state index in [-0.39, 0.29) is 5.69 Å². The molecular formula is C13H14F2N2O3. The minimum atomic E-state index is -1.44. The van der Waals surface area contributed by atoms with Crippen LogP contribution in [0.15, 0.2) is 12.1 Å². The summed E-state index contributed by atoms with van der Waals surface area (Å²) < 4.78 is 26.2. The number of carboxylic acids is 1. The van der Waals surface area contributed by atoms with Crippen LogP contribution < -0.4 is 5.32 Å². The molecule has 5 nitrogen and oxygen atoms in total. The van der Waals surface area contributed by atoms with E-state index in [1.165, 1.54) is 4.90 Å². The number of carboxylic acid groups (broad SMARTS) is 1. The van der Waals surface area contributed by atoms with Crippen LogP contribution in [0.2, 0.25) is 0 Å². The molecule has 0 spiro atoms. The highest BCUT2D eigenvalue weighted by Crippen LogP contribution is 2.22. The van der Waals surface area contributed by atoms with Gasteiger partial charge in [-0.05, 0) is 18.4 Å². The number of anilines is 1. The fourth-order valence-corrected chi connectivity index (χ4v) is 2.14. The lowest BCUT2D eigenvalue weighted by atomic mass is 10.1. The average molecular weight is 284 g/mol. The van der Waals surface area contributed by atoms with Crippen LogP contribution >= 0.6 is 0 Å². The highest BCUT2D eigenvalue weighted by molar-refractivity contribution is 6.00. The zero-order valence-electron chi connectivity index (χ0n) is 10.8. The molecule has 0 aromatic heterocycles. The number of nitrogens with zero attached hydrogens (tertiary/aromatic N) is 1. The molecule has 1 aromatic rings. The van der Waals surface area contributed by atoms with E-state index in [1.807, 2.05) is 6.92 Å². The van der Waals surface area contributed by atoms with Crippen molar-refractivity contribution in [2.75, 3.05) is 18.4 Å². The van der Waals surface area contributed by atoms with Gasteiger partial charge in [0.15, 0.2) is 11.6 Å². The Bertz CT molecular complexity index is 563. The molecule has 0 bridgehead atoms. The number of hydrogen-bond acceptors (Lipinski definition) is 2. The predicted molar refractivity (Wildman–Crippen MR) is 67.7 cm³/mol. The van der Waals surface area contributed by atoms with E-state index >= 15 is 0 Å². The maximum absolute atomic E-state index is 13.2. The molecule has 1 unspecified atom stereocenters. The Labute approximate surface area is 114 Å². The van der Waals surface area contributed by atoms with Gasteiger partial charge < -0.3 is 15.3 Å². The second-order valence-electron chi connectivity index (χ2n) is 4.89. The lowest BCUT2D eigenvalue weighted by Crippen LogP contribution is -2.33. The van der Waals surface area contributed by atoms with Crippen LogP contribution in [0, 0.1) is 17.6 Å². The molecule has 1 heterocycles. The van der Waals surface area contributed by atoms with Crippen LogP contribution in [0.25, 0.3) is 0 Å². The Morgan fingerprint density at radius 3 is 2.55 bits per heavy atom. The number of likely N-dealkylation sites (tertiary alicyclic amines) is 1. The maximum atomic E-state index is 13.2. The van der Waals surface area contributed by atoms with Crippen LogP contribution in [0.1, 0.15) is 23.7 Å². The summed E-state index contributed by atoms with van der Waals surface area (Å²) in [6.45, 7) is 3.10. The Morgan fingerprint density at radius 1 is 1.35 bits per heavy atom. The first-order chi connectivity index (χ1) is 9.38. The van der Waals surface area contributed by atoms with Gasteiger partial charge in [-0.3, -0.25) is 0 Å². The summed E-state index contributed by atoms with van der Waals surface area (Å²) in [5.74, 6) is -3.55. The highest BCUT2D eigenvalue weighted by Gasteiger charge is 2.25. The van der Waals surface area contributed by atoms with E-state index in [9.17, 15) is 18.4 Å². The van der Waals surface area contributed by atoms with Gasteiger partial charge in [0.1, 0.15) is 0 Å². The van der Waals surface area contributed by atoms with Gasteiger partial charge >= 0.3 is 12.0 Å². The lowest BCUT2D eigenvalue weighted by molar-refractivity contribution is 0.0697. The smallest absolute Gasteiger partial charge is 0.337 e. The molecule has 2 amide bonds. The fraction of sp³-hybridized carbons (Fsp3) is 0.385. The summed E-state index contributed by atoms with van der Waals surface area (Å²) in [6, 6.07) is 0.721. The summed E-state index contributed by atoms with van der Waals surface area (Å²) in [5.41, 5.74) is -0.731. The molecule has 2 N–H and O–H groups in total. The molecule has 0 radical (unpaired) electrons. The number of urea groups is 1. The van der Waals surface area contributed by atoms with Gasteiger partial charge in [0, 0.05) is 19.2 Å². The Morgan fingerprint density at radius 2 is 2.00 bits per heavy atom. The second kappa shape index (κ2) is 5.44. The lowest BCUT2D eigenvalue weighted by Gasteiger charge is -2.17. The van der Waals surface area contributed by atoms with Crippen molar-refractivity contribution in [3.63, 3.8) is 0 Å². The molecule has 108 valence electrons. The quantitative estimate of drug-likeness (QED) is 0.876. The van der Waals surface area contributed by atoms with Gasteiger partial charge in [-0.15, -0.1) is 0 Å². The third-order valence-corrected chi connectivity index (χ3v) is 3.24. The molecule has 1 aliphatic heterocycles.